The summed E-state index contributed by atoms with van der Waals surface area (Å²) in [5.74, 6) is 2.15. The molecule has 73 heavy (non-hydrogen) atoms. The Morgan fingerprint density at radius 1 is 0.589 bits per heavy atom. The monoisotopic (exact) mass is 1060 g/mol. The van der Waals surface area contributed by atoms with Gasteiger partial charge < -0.3 is 50.3 Å². The molecule has 7 N–H and O–H groups in total. The summed E-state index contributed by atoms with van der Waals surface area (Å²) in [4.78, 5) is 52.6. The summed E-state index contributed by atoms with van der Waals surface area (Å²) < 4.78 is 78.0. The van der Waals surface area contributed by atoms with E-state index >= 15 is 0 Å². The number of nitrogens with zero attached hydrogens (tertiary/aromatic N) is 7. The first-order chi connectivity index (χ1) is 34.5. The molecule has 4 aromatic carbocycles. The van der Waals surface area contributed by atoms with Gasteiger partial charge in [0, 0.05) is 84.5 Å². The molecule has 0 unspecified atom stereocenters. The number of carbonyl (C=O) groups excluding carboxylic acids is 1. The molecular weight excluding hydrogens is 1020 g/mol. The van der Waals surface area contributed by atoms with Crippen LogP contribution in [0.2, 0.25) is 0 Å². The van der Waals surface area contributed by atoms with Gasteiger partial charge in [0.05, 0.1) is 43.2 Å². The van der Waals surface area contributed by atoms with Crippen LogP contribution in [-0.2, 0) is 29.6 Å². The van der Waals surface area contributed by atoms with Crippen molar-refractivity contribution in [3.05, 3.63) is 132 Å². The Balaban J connectivity index is 0.000000283. The summed E-state index contributed by atoms with van der Waals surface area (Å²) in [6.07, 6.45) is 3.04. The molecule has 0 radical (unpaired) electrons. The Morgan fingerprint density at radius 2 is 0.973 bits per heavy atom. The molecule has 8 aromatic rings. The number of nitrogens with two attached hydrogens (primary N) is 1. The average molecular weight is 1070 g/mol. The van der Waals surface area contributed by atoms with Crippen molar-refractivity contribution in [2.75, 3.05) is 54.3 Å². The van der Waals surface area contributed by atoms with E-state index in [9.17, 15) is 26.9 Å². The van der Waals surface area contributed by atoms with Crippen molar-refractivity contribution >= 4 is 101 Å². The Morgan fingerprint density at radius 3 is 1.34 bits per heavy atom. The molecule has 4 heterocycles. The molecule has 374 valence electrons. The number of nitrogen functional groups attached to an aromatic ring is 1. The van der Waals surface area contributed by atoms with E-state index in [1.807, 2.05) is 0 Å². The van der Waals surface area contributed by atoms with E-state index in [1.165, 1.54) is 65.0 Å². The van der Waals surface area contributed by atoms with E-state index in [0.717, 1.165) is 6.07 Å². The number of nitrogens with one attached hydrogen (secondary N) is 4. The number of methoxy groups -OCH3 is 4. The Hall–Kier alpha value is -8.06. The number of carbonyl (C=O) groups is 2. The number of hydrogen-bond acceptors (Lipinski definition) is 22. The van der Waals surface area contributed by atoms with E-state index in [-0.39, 0.29) is 108 Å². The van der Waals surface area contributed by atoms with E-state index in [1.54, 1.807) is 79.0 Å². The fraction of sp³-hybridized carbons (Fsp3) is 0.0909. The van der Waals surface area contributed by atoms with Crippen molar-refractivity contribution in [1.82, 2.24) is 29.9 Å². The van der Waals surface area contributed by atoms with Gasteiger partial charge in [-0.1, -0.05) is 12.1 Å². The predicted octanol–water partition coefficient (Wildman–Crippen LogP) is 1.73. The third-order valence-electron chi connectivity index (χ3n) is 9.08. The van der Waals surface area contributed by atoms with Crippen LogP contribution in [0.25, 0.3) is 22.3 Å². The van der Waals surface area contributed by atoms with Crippen molar-refractivity contribution in [3.8, 4) is 23.0 Å². The quantitative estimate of drug-likeness (QED) is 0.0280. The zero-order valence-electron chi connectivity index (χ0n) is 39.0. The maximum atomic E-state index is 13.0. The second-order valence-electron chi connectivity index (χ2n) is 13.7. The van der Waals surface area contributed by atoms with E-state index in [4.69, 9.17) is 44.5 Å². The molecule has 0 aliphatic heterocycles. The molecule has 4 aromatic heterocycles. The largest absolute Gasteiger partial charge is 1.00 e. The van der Waals surface area contributed by atoms with Crippen LogP contribution < -0.4 is 101 Å². The fourth-order valence-electron chi connectivity index (χ4n) is 5.96. The summed E-state index contributed by atoms with van der Waals surface area (Å²) in [5, 5.41) is 32.3. The molecule has 0 amide bonds. The van der Waals surface area contributed by atoms with Gasteiger partial charge in [-0.3, -0.25) is 24.4 Å². The van der Waals surface area contributed by atoms with Gasteiger partial charge in [-0.25, -0.2) is 46.7 Å². The smallest absolute Gasteiger partial charge is 0.554 e. The maximum absolute atomic E-state index is 13.0. The van der Waals surface area contributed by atoms with E-state index < -0.39 is 31.4 Å². The molecule has 26 nitrogen and oxygen atoms in total. The van der Waals surface area contributed by atoms with Crippen molar-refractivity contribution in [1.29, 1.82) is 0 Å². The second kappa shape index (κ2) is 27.0. The number of pyridine rings is 2. The number of ether oxygens (including phenoxy) is 4. The average Bonchev–Trinajstić information content (AvgIpc) is 3.37. The molecule has 0 atom stereocenters. The summed E-state index contributed by atoms with van der Waals surface area (Å²) in [5.41, 5.74) is 8.13. The van der Waals surface area contributed by atoms with Gasteiger partial charge >= 0.3 is 51.4 Å². The minimum atomic E-state index is -4.25. The van der Waals surface area contributed by atoms with Gasteiger partial charge in [0.1, 0.15) is 34.0 Å². The molecule has 0 fully saturated rings. The first-order valence-corrected chi connectivity index (χ1v) is 23.0. The Bertz CT molecular complexity index is 3410. The zero-order valence-corrected chi connectivity index (χ0v) is 43.7. The van der Waals surface area contributed by atoms with Crippen molar-refractivity contribution < 1.29 is 112 Å². The van der Waals surface area contributed by atoms with E-state index in [2.05, 4.69) is 50.0 Å². The molecule has 0 saturated carbocycles. The zero-order chi connectivity index (χ0) is 52.4. The normalized spacial score (nSPS) is 10.4. The second-order valence-corrected chi connectivity index (χ2v) is 17.1. The van der Waals surface area contributed by atoms with Crippen LogP contribution in [0.4, 0.5) is 46.0 Å². The molecule has 0 saturated heterocycles. The van der Waals surface area contributed by atoms with E-state index in [0.29, 0.717) is 51.1 Å². The number of sulfonamides is 2. The SMILES string of the molecule is COc1cc(Nc2nc3cccnc3nc2NS(=O)(=O)c2cccc(N)c2)cc(OC)c1.COc1cc(Nc2nc3cccnc3nc2NS(=O)(=O)c2cccc([N+](=O)[O-])c2)cc(OC)c1.O=CO.O=C[O-].[K+]. The van der Waals surface area contributed by atoms with Crippen molar-refractivity contribution in [3.63, 3.8) is 0 Å². The third kappa shape index (κ3) is 16.0. The molecule has 0 aliphatic carbocycles. The van der Waals surface area contributed by atoms with Crippen LogP contribution in [0, 0.1) is 10.1 Å². The number of nitro benzene ring substituents is 1. The van der Waals surface area contributed by atoms with Crippen LogP contribution in [0.3, 0.4) is 0 Å². The van der Waals surface area contributed by atoms with Crippen LogP contribution >= 0.6 is 0 Å². The Labute approximate surface area is 458 Å². The molecule has 0 spiro atoms. The van der Waals surface area contributed by atoms with Crippen LogP contribution in [-0.4, -0.2) is 98.2 Å². The third-order valence-corrected chi connectivity index (χ3v) is 11.8. The number of nitro groups is 1. The minimum Gasteiger partial charge on any atom is -0.554 e. The van der Waals surface area contributed by atoms with Gasteiger partial charge in [0.2, 0.25) is 0 Å². The number of benzene rings is 4. The fourth-order valence-corrected chi connectivity index (χ4v) is 8.07. The predicted molar refractivity (Wildman–Crippen MR) is 261 cm³/mol. The maximum Gasteiger partial charge on any atom is 1.00 e. The number of hydrogen-bond donors (Lipinski definition) is 6. The van der Waals surface area contributed by atoms with Crippen molar-refractivity contribution in [2.24, 2.45) is 0 Å². The van der Waals surface area contributed by atoms with Gasteiger partial charge in [0.15, 0.2) is 34.6 Å². The summed E-state index contributed by atoms with van der Waals surface area (Å²) >= 11 is 0. The number of aromatic nitrogens is 6. The summed E-state index contributed by atoms with van der Waals surface area (Å²) in [6, 6.07) is 27.5. The number of non-ortho nitro benzene ring substituents is 1. The Kier molecular flexibility index (Phi) is 21.2. The summed E-state index contributed by atoms with van der Waals surface area (Å²) in [7, 11) is -2.18. The van der Waals surface area contributed by atoms with Crippen molar-refractivity contribution in [2.45, 2.75) is 9.79 Å². The first-order valence-electron chi connectivity index (χ1n) is 20.0. The number of carboxylic acid groups (broad SMARTS) is 2. The van der Waals surface area contributed by atoms with Gasteiger partial charge in [-0.2, -0.15) is 0 Å². The van der Waals surface area contributed by atoms with Crippen LogP contribution in [0.15, 0.2) is 131 Å². The topological polar surface area (TPSA) is 377 Å². The first kappa shape index (κ1) is 57.5. The molecule has 0 aliphatic rings. The number of rotatable bonds is 15. The minimum absolute atomic E-state index is 0. The van der Waals surface area contributed by atoms with Crippen LogP contribution in [0.5, 0.6) is 23.0 Å². The molecular formula is C44H41KN12O14S2. The number of anilines is 7. The number of fused-ring (bicyclic) bond motifs is 2. The molecule has 29 heteroatoms. The molecule has 8 rings (SSSR count). The van der Waals surface area contributed by atoms with Gasteiger partial charge in [0.25, 0.3) is 32.2 Å². The van der Waals surface area contributed by atoms with Gasteiger partial charge in [-0.15, -0.1) is 0 Å². The van der Waals surface area contributed by atoms with Crippen LogP contribution in [0.1, 0.15) is 0 Å². The summed E-state index contributed by atoms with van der Waals surface area (Å²) in [6.45, 7) is -0.750. The van der Waals surface area contributed by atoms with Gasteiger partial charge in [-0.05, 0) is 48.5 Å². The molecule has 0 bridgehead atoms. The standard InChI is InChI=1S/C21H18N6O6S.C21H20N6O4S.2CH2O2.K/c1-32-15-9-13(10-16(12-15)33-2)23-20-21(25-19-18(24-20)7-4-8-22-19)26-34(30,31)17-6-3-5-14(11-17)27(28)29;1-30-15-10-14(11-16(12-15)31-2)24-20-21(26-19-18(25-20)7-4-8-23-19)27-32(28,29)17-6-3-5-13(22)9-17;2*2-1-3;/h3-12H,1-2H3,(H,23,24)(H,22,25,26);3-12H,22H2,1-2H3,(H,24,25)(H,23,26,27);2*1H,(H,2,3);/q;;;;+1/p-1.